The summed E-state index contributed by atoms with van der Waals surface area (Å²) in [5.74, 6) is 0.227. The molecule has 1 saturated carbocycles. The number of rotatable bonds is 5. The molecule has 3 atom stereocenters. The monoisotopic (exact) mass is 411 g/mol. The second-order valence-corrected chi connectivity index (χ2v) is 7.90. The van der Waals surface area contributed by atoms with Crippen LogP contribution in [0.4, 0.5) is 0 Å². The molecule has 2 N–H and O–H groups in total. The third-order valence-corrected chi connectivity index (χ3v) is 6.42. The van der Waals surface area contributed by atoms with Gasteiger partial charge in [0.1, 0.15) is 11.3 Å². The Balaban J connectivity index is 0.00000225. The number of carbonyl (C=O) groups is 1. The highest BCUT2D eigenvalue weighted by atomic mass is 35.5. The van der Waals surface area contributed by atoms with Crippen LogP contribution in [0, 0.1) is 11.8 Å². The SMILES string of the molecule is COC1(c2ccnc(C(N)=O)c2)C2CCCC1CN(C[C@H]1COCCO1)C2.Cl. The summed E-state index contributed by atoms with van der Waals surface area (Å²) in [5, 5.41) is 0. The van der Waals surface area contributed by atoms with Gasteiger partial charge in [0.15, 0.2) is 0 Å². The Morgan fingerprint density at radius 1 is 1.36 bits per heavy atom. The van der Waals surface area contributed by atoms with Crippen molar-refractivity contribution >= 4 is 18.3 Å². The Labute approximate surface area is 172 Å². The fraction of sp³-hybridized carbons (Fsp3) is 0.700. The van der Waals surface area contributed by atoms with Crippen molar-refractivity contribution in [3.63, 3.8) is 0 Å². The van der Waals surface area contributed by atoms with E-state index in [1.54, 1.807) is 13.3 Å². The van der Waals surface area contributed by atoms with Crippen molar-refractivity contribution in [3.05, 3.63) is 29.6 Å². The molecule has 8 heteroatoms. The number of hydrogen-bond donors (Lipinski definition) is 1. The maximum absolute atomic E-state index is 11.6. The number of aromatic nitrogens is 1. The smallest absolute Gasteiger partial charge is 0.267 e. The molecular weight excluding hydrogens is 382 g/mol. The Hall–Kier alpha value is -1.25. The summed E-state index contributed by atoms with van der Waals surface area (Å²) in [6.45, 7) is 4.86. The molecule has 1 aromatic heterocycles. The van der Waals surface area contributed by atoms with E-state index in [2.05, 4.69) is 9.88 Å². The molecule has 2 saturated heterocycles. The summed E-state index contributed by atoms with van der Waals surface area (Å²) < 4.78 is 17.7. The number of primary amides is 1. The van der Waals surface area contributed by atoms with Crippen molar-refractivity contribution in [1.82, 2.24) is 9.88 Å². The fourth-order valence-electron chi connectivity index (χ4n) is 5.33. The van der Waals surface area contributed by atoms with Crippen LogP contribution in [0.5, 0.6) is 0 Å². The van der Waals surface area contributed by atoms with Crippen molar-refractivity contribution in [3.8, 4) is 0 Å². The molecule has 3 fully saturated rings. The number of ether oxygens (including phenoxy) is 3. The average Bonchev–Trinajstić information content (AvgIpc) is 2.68. The zero-order valence-corrected chi connectivity index (χ0v) is 17.2. The van der Waals surface area contributed by atoms with Crippen LogP contribution in [0.2, 0.25) is 0 Å². The van der Waals surface area contributed by atoms with E-state index >= 15 is 0 Å². The van der Waals surface area contributed by atoms with E-state index in [0.717, 1.165) is 38.0 Å². The highest BCUT2D eigenvalue weighted by Crippen LogP contribution is 2.51. The van der Waals surface area contributed by atoms with Crippen molar-refractivity contribution in [2.24, 2.45) is 17.6 Å². The van der Waals surface area contributed by atoms with E-state index in [4.69, 9.17) is 19.9 Å². The van der Waals surface area contributed by atoms with Crippen molar-refractivity contribution in [2.75, 3.05) is 46.6 Å². The normalized spacial score (nSPS) is 33.1. The van der Waals surface area contributed by atoms with Crippen molar-refractivity contribution < 1.29 is 19.0 Å². The molecule has 0 spiro atoms. The van der Waals surface area contributed by atoms with Crippen molar-refractivity contribution in [2.45, 2.75) is 31.0 Å². The molecule has 1 aliphatic carbocycles. The predicted molar refractivity (Wildman–Crippen MR) is 107 cm³/mol. The molecule has 28 heavy (non-hydrogen) atoms. The number of piperidine rings is 1. The van der Waals surface area contributed by atoms with E-state index in [0.29, 0.717) is 37.4 Å². The molecular formula is C20H30ClN3O4. The van der Waals surface area contributed by atoms with Gasteiger partial charge in [-0.2, -0.15) is 0 Å². The van der Waals surface area contributed by atoms with Gasteiger partial charge in [0, 0.05) is 44.8 Å². The minimum Gasteiger partial charge on any atom is -0.376 e. The Morgan fingerprint density at radius 2 is 2.11 bits per heavy atom. The lowest BCUT2D eigenvalue weighted by atomic mass is 9.62. The molecule has 2 unspecified atom stereocenters. The Morgan fingerprint density at radius 3 is 2.71 bits per heavy atom. The molecule has 0 aromatic carbocycles. The molecule has 2 bridgehead atoms. The molecule has 4 rings (SSSR count). The summed E-state index contributed by atoms with van der Waals surface area (Å²) >= 11 is 0. The van der Waals surface area contributed by atoms with Gasteiger partial charge in [0.05, 0.1) is 25.9 Å². The number of nitrogens with two attached hydrogens (primary N) is 1. The number of carbonyl (C=O) groups excluding carboxylic acids is 1. The van der Waals surface area contributed by atoms with Crippen LogP contribution in [0.25, 0.3) is 0 Å². The largest absolute Gasteiger partial charge is 0.376 e. The molecule has 1 aromatic rings. The number of amides is 1. The lowest BCUT2D eigenvalue weighted by Gasteiger charge is -2.55. The first-order valence-corrected chi connectivity index (χ1v) is 9.86. The summed E-state index contributed by atoms with van der Waals surface area (Å²) in [5.41, 5.74) is 6.41. The second-order valence-electron chi connectivity index (χ2n) is 7.90. The Bertz CT molecular complexity index is 669. The zero-order chi connectivity index (χ0) is 18.9. The number of hydrogen-bond acceptors (Lipinski definition) is 6. The third kappa shape index (κ3) is 3.91. The molecule has 1 amide bonds. The van der Waals surface area contributed by atoms with E-state index in [1.165, 1.54) is 6.42 Å². The van der Waals surface area contributed by atoms with E-state index in [-0.39, 0.29) is 24.1 Å². The minimum atomic E-state index is -0.500. The van der Waals surface area contributed by atoms with Gasteiger partial charge in [0.2, 0.25) is 0 Å². The number of methoxy groups -OCH3 is 1. The zero-order valence-electron chi connectivity index (χ0n) is 16.3. The molecule has 156 valence electrons. The summed E-state index contributed by atoms with van der Waals surface area (Å²) in [4.78, 5) is 18.2. The van der Waals surface area contributed by atoms with Crippen LogP contribution in [0.1, 0.15) is 35.3 Å². The maximum Gasteiger partial charge on any atom is 0.267 e. The van der Waals surface area contributed by atoms with Crippen LogP contribution >= 0.6 is 12.4 Å². The van der Waals surface area contributed by atoms with Crippen LogP contribution in [0.3, 0.4) is 0 Å². The number of halogens is 1. The first kappa shape index (κ1) is 21.5. The first-order chi connectivity index (χ1) is 13.1. The first-order valence-electron chi connectivity index (χ1n) is 9.86. The maximum atomic E-state index is 11.6. The van der Waals surface area contributed by atoms with E-state index < -0.39 is 5.91 Å². The highest BCUT2D eigenvalue weighted by molar-refractivity contribution is 5.90. The summed E-state index contributed by atoms with van der Waals surface area (Å²) in [7, 11) is 1.80. The van der Waals surface area contributed by atoms with Gasteiger partial charge in [-0.05, 0) is 30.5 Å². The topological polar surface area (TPSA) is 86.9 Å². The number of fused-ring (bicyclic) bond motifs is 2. The van der Waals surface area contributed by atoms with Gasteiger partial charge in [-0.1, -0.05) is 6.42 Å². The molecule has 3 heterocycles. The van der Waals surface area contributed by atoms with Crippen LogP contribution < -0.4 is 5.73 Å². The predicted octanol–water partition coefficient (Wildman–Crippen LogP) is 1.59. The van der Waals surface area contributed by atoms with Gasteiger partial charge in [0.25, 0.3) is 5.91 Å². The van der Waals surface area contributed by atoms with Crippen LogP contribution in [-0.2, 0) is 19.8 Å². The third-order valence-electron chi connectivity index (χ3n) is 6.42. The molecule has 7 nitrogen and oxygen atoms in total. The van der Waals surface area contributed by atoms with E-state index in [1.807, 2.05) is 12.1 Å². The fourth-order valence-corrected chi connectivity index (χ4v) is 5.33. The van der Waals surface area contributed by atoms with Gasteiger partial charge in [-0.15, -0.1) is 12.4 Å². The highest BCUT2D eigenvalue weighted by Gasteiger charge is 2.53. The van der Waals surface area contributed by atoms with E-state index in [9.17, 15) is 4.79 Å². The lowest BCUT2D eigenvalue weighted by molar-refractivity contribution is -0.177. The number of pyridine rings is 1. The number of likely N-dealkylation sites (tertiary alicyclic amines) is 1. The average molecular weight is 412 g/mol. The van der Waals surface area contributed by atoms with Gasteiger partial charge >= 0.3 is 0 Å². The molecule has 2 aliphatic heterocycles. The standard InChI is InChI=1S/C20H29N3O4.ClH/c1-25-20(14-5-6-22-18(9-14)19(21)24)15-3-2-4-16(20)11-23(10-15)12-17-13-26-7-8-27-17;/h5-6,9,15-17H,2-4,7-8,10-13H2,1H3,(H2,21,24);1H/t15?,16?,17-,20?;/m0./s1. The summed E-state index contributed by atoms with van der Waals surface area (Å²) in [6.07, 6.45) is 5.25. The quantitative estimate of drug-likeness (QED) is 0.791. The lowest BCUT2D eigenvalue weighted by Crippen LogP contribution is -2.60. The molecule has 3 aliphatic rings. The second kappa shape index (κ2) is 9.05. The summed E-state index contributed by atoms with van der Waals surface area (Å²) in [6, 6.07) is 3.81. The number of nitrogens with zero attached hydrogens (tertiary/aromatic N) is 2. The van der Waals surface area contributed by atoms with Gasteiger partial charge < -0.3 is 19.9 Å². The van der Waals surface area contributed by atoms with Gasteiger partial charge in [-0.25, -0.2) is 0 Å². The van der Waals surface area contributed by atoms with Crippen molar-refractivity contribution in [1.29, 1.82) is 0 Å². The van der Waals surface area contributed by atoms with Crippen LogP contribution in [0.15, 0.2) is 18.3 Å². The van der Waals surface area contributed by atoms with Crippen LogP contribution in [-0.4, -0.2) is 68.5 Å². The van der Waals surface area contributed by atoms with Gasteiger partial charge in [-0.3, -0.25) is 14.7 Å². The minimum absolute atomic E-state index is 0. The molecule has 0 radical (unpaired) electrons. The Kier molecular flexibility index (Phi) is 6.94.